The zero-order valence-corrected chi connectivity index (χ0v) is 18.9. The van der Waals surface area contributed by atoms with E-state index < -0.39 is 6.04 Å². The summed E-state index contributed by atoms with van der Waals surface area (Å²) in [7, 11) is 0. The minimum absolute atomic E-state index is 0.0346. The Morgan fingerprint density at radius 1 is 1.10 bits per heavy atom. The molecule has 0 saturated heterocycles. The van der Waals surface area contributed by atoms with Crippen LogP contribution in [0, 0.1) is 0 Å². The van der Waals surface area contributed by atoms with Crippen molar-refractivity contribution in [2.45, 2.75) is 52.1 Å². The van der Waals surface area contributed by atoms with Crippen LogP contribution < -0.4 is 5.32 Å². The van der Waals surface area contributed by atoms with Crippen LogP contribution in [0.4, 0.5) is 0 Å². The number of benzene rings is 2. The molecule has 0 aliphatic carbocycles. The van der Waals surface area contributed by atoms with Crippen LogP contribution in [0.25, 0.3) is 11.0 Å². The lowest BCUT2D eigenvalue weighted by Gasteiger charge is -2.22. The third-order valence-corrected chi connectivity index (χ3v) is 5.81. The number of hydrogen-bond donors (Lipinski definition) is 1. The summed E-state index contributed by atoms with van der Waals surface area (Å²) < 4.78 is 1.99. The third-order valence-electron chi connectivity index (χ3n) is 4.72. The second-order valence-corrected chi connectivity index (χ2v) is 8.61. The van der Waals surface area contributed by atoms with E-state index in [9.17, 15) is 4.79 Å². The third kappa shape index (κ3) is 4.88. The normalized spacial score (nSPS) is 12.5. The van der Waals surface area contributed by atoms with Crippen molar-refractivity contribution in [1.82, 2.24) is 14.9 Å². The monoisotopic (exact) mass is 451 g/mol. The van der Waals surface area contributed by atoms with Gasteiger partial charge in [0.05, 0.1) is 21.1 Å². The molecule has 3 aromatic rings. The largest absolute Gasteiger partial charge is 0.352 e. The zero-order chi connectivity index (χ0) is 21.1. The van der Waals surface area contributed by atoms with Gasteiger partial charge in [-0.25, -0.2) is 4.98 Å². The molecule has 1 aromatic heterocycles. The van der Waals surface area contributed by atoms with Crippen molar-refractivity contribution >= 4 is 51.7 Å². The van der Waals surface area contributed by atoms with E-state index in [-0.39, 0.29) is 11.9 Å². The standard InChI is InChI=1S/C22H24Cl3N3O/c1-4-7-19(22(29)26-13(2)3)28-20-12-17(25)16(24)11-18(20)27-21(28)10-14-8-5-6-9-15(14)23/h5-6,8-9,11-13,19H,4,7,10H2,1-3H3,(H,26,29). The van der Waals surface area contributed by atoms with Gasteiger partial charge in [-0.15, -0.1) is 0 Å². The van der Waals surface area contributed by atoms with Gasteiger partial charge in [-0.2, -0.15) is 0 Å². The number of hydrogen-bond acceptors (Lipinski definition) is 2. The van der Waals surface area contributed by atoms with Gasteiger partial charge in [0.1, 0.15) is 11.9 Å². The molecule has 3 rings (SSSR count). The smallest absolute Gasteiger partial charge is 0.243 e. The molecular formula is C22H24Cl3N3O. The minimum Gasteiger partial charge on any atom is -0.352 e. The summed E-state index contributed by atoms with van der Waals surface area (Å²) in [5.41, 5.74) is 2.45. The number of halogens is 3. The van der Waals surface area contributed by atoms with Crippen LogP contribution in [-0.4, -0.2) is 21.5 Å². The summed E-state index contributed by atoms with van der Waals surface area (Å²) >= 11 is 18.9. The Bertz CT molecular complexity index is 1030. The predicted molar refractivity (Wildman–Crippen MR) is 121 cm³/mol. The summed E-state index contributed by atoms with van der Waals surface area (Å²) in [5, 5.41) is 4.58. The number of aromatic nitrogens is 2. The maximum atomic E-state index is 13.1. The summed E-state index contributed by atoms with van der Waals surface area (Å²) in [4.78, 5) is 17.9. The molecule has 154 valence electrons. The molecule has 7 heteroatoms. The Kier molecular flexibility index (Phi) is 7.10. The van der Waals surface area contributed by atoms with E-state index in [4.69, 9.17) is 39.8 Å². The van der Waals surface area contributed by atoms with Crippen LogP contribution in [0.1, 0.15) is 51.0 Å². The molecule has 0 fully saturated rings. The summed E-state index contributed by atoms with van der Waals surface area (Å²) in [5.74, 6) is 0.719. The second kappa shape index (κ2) is 9.38. The highest BCUT2D eigenvalue weighted by Gasteiger charge is 2.26. The summed E-state index contributed by atoms with van der Waals surface area (Å²) in [6.45, 7) is 5.97. The molecule has 0 bridgehead atoms. The molecule has 1 heterocycles. The highest BCUT2D eigenvalue weighted by Crippen LogP contribution is 2.33. The summed E-state index contributed by atoms with van der Waals surface area (Å²) in [6.07, 6.45) is 2.03. The van der Waals surface area contributed by atoms with Crippen molar-refractivity contribution in [3.8, 4) is 0 Å². The lowest BCUT2D eigenvalue weighted by Crippen LogP contribution is -2.37. The van der Waals surface area contributed by atoms with Crippen LogP contribution >= 0.6 is 34.8 Å². The molecule has 4 nitrogen and oxygen atoms in total. The Labute approximate surface area is 186 Å². The average Bonchev–Trinajstić information content (AvgIpc) is 2.98. The maximum Gasteiger partial charge on any atom is 0.243 e. The van der Waals surface area contributed by atoms with Gasteiger partial charge in [-0.3, -0.25) is 4.79 Å². The Hall–Kier alpha value is -1.75. The molecule has 1 atom stereocenters. The lowest BCUT2D eigenvalue weighted by molar-refractivity contribution is -0.125. The number of carbonyl (C=O) groups excluding carboxylic acids is 1. The van der Waals surface area contributed by atoms with Crippen LogP contribution in [0.5, 0.6) is 0 Å². The Morgan fingerprint density at radius 2 is 1.79 bits per heavy atom. The van der Waals surface area contributed by atoms with Crippen LogP contribution in [0.3, 0.4) is 0 Å². The predicted octanol–water partition coefficient (Wildman–Crippen LogP) is 6.45. The lowest BCUT2D eigenvalue weighted by atomic mass is 10.1. The van der Waals surface area contributed by atoms with Crippen molar-refractivity contribution in [3.63, 3.8) is 0 Å². The zero-order valence-electron chi connectivity index (χ0n) is 16.7. The van der Waals surface area contributed by atoms with Gasteiger partial charge in [0.2, 0.25) is 5.91 Å². The van der Waals surface area contributed by atoms with Gasteiger partial charge in [-0.1, -0.05) is 66.3 Å². The average molecular weight is 453 g/mol. The first-order chi connectivity index (χ1) is 13.8. The van der Waals surface area contributed by atoms with Crippen LogP contribution in [0.15, 0.2) is 36.4 Å². The number of nitrogens with one attached hydrogen (secondary N) is 1. The molecule has 2 aromatic carbocycles. The maximum absolute atomic E-state index is 13.1. The number of amides is 1. The highest BCUT2D eigenvalue weighted by atomic mass is 35.5. The van der Waals surface area contributed by atoms with Crippen molar-refractivity contribution in [1.29, 1.82) is 0 Å². The van der Waals surface area contributed by atoms with Crippen molar-refractivity contribution in [2.75, 3.05) is 0 Å². The van der Waals surface area contributed by atoms with Crippen LogP contribution in [-0.2, 0) is 11.2 Å². The van der Waals surface area contributed by atoms with Crippen molar-refractivity contribution < 1.29 is 4.79 Å². The quantitative estimate of drug-likeness (QED) is 0.447. The molecule has 0 radical (unpaired) electrons. The molecule has 0 saturated carbocycles. The number of imidazole rings is 1. The van der Waals surface area contributed by atoms with Crippen molar-refractivity contribution in [3.05, 3.63) is 62.9 Å². The highest BCUT2D eigenvalue weighted by molar-refractivity contribution is 6.42. The van der Waals surface area contributed by atoms with E-state index in [0.717, 1.165) is 23.3 Å². The molecule has 0 spiro atoms. The van der Waals surface area contributed by atoms with Crippen LogP contribution in [0.2, 0.25) is 15.1 Å². The van der Waals surface area contributed by atoms with Gasteiger partial charge in [0.15, 0.2) is 0 Å². The molecule has 1 N–H and O–H groups in total. The van der Waals surface area contributed by atoms with Gasteiger partial charge >= 0.3 is 0 Å². The topological polar surface area (TPSA) is 46.9 Å². The number of rotatable bonds is 7. The Morgan fingerprint density at radius 3 is 2.45 bits per heavy atom. The minimum atomic E-state index is -0.401. The fraction of sp³-hybridized carbons (Fsp3) is 0.364. The number of fused-ring (bicyclic) bond motifs is 1. The van der Waals surface area contributed by atoms with E-state index in [2.05, 4.69) is 12.2 Å². The van der Waals surface area contributed by atoms with Crippen molar-refractivity contribution in [2.24, 2.45) is 0 Å². The number of carbonyl (C=O) groups is 1. The van der Waals surface area contributed by atoms with E-state index in [0.29, 0.717) is 33.4 Å². The van der Waals surface area contributed by atoms with Gasteiger partial charge in [0.25, 0.3) is 0 Å². The second-order valence-electron chi connectivity index (χ2n) is 7.39. The van der Waals surface area contributed by atoms with E-state index in [1.54, 1.807) is 12.1 Å². The van der Waals surface area contributed by atoms with Gasteiger partial charge < -0.3 is 9.88 Å². The van der Waals surface area contributed by atoms with Gasteiger partial charge in [0, 0.05) is 17.5 Å². The molecular weight excluding hydrogens is 429 g/mol. The molecule has 0 aliphatic heterocycles. The van der Waals surface area contributed by atoms with E-state index >= 15 is 0 Å². The summed E-state index contributed by atoms with van der Waals surface area (Å²) in [6, 6.07) is 10.8. The molecule has 29 heavy (non-hydrogen) atoms. The Balaban J connectivity index is 2.19. The number of nitrogens with zero attached hydrogens (tertiary/aromatic N) is 2. The fourth-order valence-corrected chi connectivity index (χ4v) is 3.97. The molecule has 1 unspecified atom stereocenters. The van der Waals surface area contributed by atoms with E-state index in [1.165, 1.54) is 0 Å². The fourth-order valence-electron chi connectivity index (χ4n) is 3.46. The molecule has 0 aliphatic rings. The SMILES string of the molecule is CCCC(C(=O)NC(C)C)n1c(Cc2ccccc2Cl)nc2cc(Cl)c(Cl)cc21. The first-order valence-corrected chi connectivity index (χ1v) is 10.8. The van der Waals surface area contributed by atoms with E-state index in [1.807, 2.05) is 42.7 Å². The van der Waals surface area contributed by atoms with Gasteiger partial charge in [-0.05, 0) is 44.0 Å². The first kappa shape index (κ1) is 21.9. The molecule has 1 amide bonds. The first-order valence-electron chi connectivity index (χ1n) is 9.71.